The van der Waals surface area contributed by atoms with Crippen LogP contribution >= 0.6 is 0 Å². The summed E-state index contributed by atoms with van der Waals surface area (Å²) in [5, 5.41) is 0. The summed E-state index contributed by atoms with van der Waals surface area (Å²) >= 11 is 0. The van der Waals surface area contributed by atoms with Crippen molar-refractivity contribution < 1.29 is 44.2 Å². The third kappa shape index (κ3) is 7.81. The SMILES string of the molecule is CC(C)(C)c1ccc(NS(=O)(=O)c2cc(OCC(F)(F)F)ccc2OCC(F)(F)F)cc1. The fraction of sp³-hybridized carbons (Fsp3) is 0.400. The van der Waals surface area contributed by atoms with Gasteiger partial charge in [-0.1, -0.05) is 32.9 Å². The van der Waals surface area contributed by atoms with Crippen LogP contribution < -0.4 is 14.2 Å². The summed E-state index contributed by atoms with van der Waals surface area (Å²) in [6.07, 6.45) is -9.46. The van der Waals surface area contributed by atoms with Crippen molar-refractivity contribution in [3.05, 3.63) is 48.0 Å². The Morgan fingerprint density at radius 1 is 0.812 bits per heavy atom. The van der Waals surface area contributed by atoms with Crippen molar-refractivity contribution in [2.45, 2.75) is 43.4 Å². The van der Waals surface area contributed by atoms with E-state index in [-0.39, 0.29) is 11.1 Å². The molecular weight excluding hydrogens is 464 g/mol. The molecule has 1 N–H and O–H groups in total. The first kappa shape index (κ1) is 25.6. The smallest absolute Gasteiger partial charge is 0.422 e. The van der Waals surface area contributed by atoms with E-state index in [1.165, 1.54) is 12.1 Å². The van der Waals surface area contributed by atoms with Gasteiger partial charge in [-0.15, -0.1) is 0 Å². The van der Waals surface area contributed by atoms with Crippen molar-refractivity contribution >= 4 is 15.7 Å². The predicted octanol–water partition coefficient (Wildman–Crippen LogP) is 5.67. The second-order valence-electron chi connectivity index (χ2n) is 7.85. The normalized spacial score (nSPS) is 13.0. The maximum absolute atomic E-state index is 12.8. The Bertz CT molecular complexity index is 1030. The van der Waals surface area contributed by atoms with Gasteiger partial charge in [0.2, 0.25) is 0 Å². The number of hydrogen-bond donors (Lipinski definition) is 1. The topological polar surface area (TPSA) is 64.6 Å². The lowest BCUT2D eigenvalue weighted by Crippen LogP contribution is -2.22. The number of nitrogens with one attached hydrogen (secondary N) is 1. The van der Waals surface area contributed by atoms with Gasteiger partial charge >= 0.3 is 12.4 Å². The Hall–Kier alpha value is -2.63. The van der Waals surface area contributed by atoms with E-state index in [0.717, 1.165) is 17.7 Å². The van der Waals surface area contributed by atoms with Crippen LogP contribution in [0, 0.1) is 0 Å². The van der Waals surface area contributed by atoms with Gasteiger partial charge in [-0.05, 0) is 35.2 Å². The van der Waals surface area contributed by atoms with Crippen LogP contribution in [0.1, 0.15) is 26.3 Å². The molecule has 0 aromatic heterocycles. The number of rotatable bonds is 7. The molecule has 0 aliphatic heterocycles. The maximum atomic E-state index is 12.8. The van der Waals surface area contributed by atoms with E-state index in [9.17, 15) is 34.8 Å². The number of halogens is 6. The summed E-state index contributed by atoms with van der Waals surface area (Å²) in [4.78, 5) is -0.804. The molecule has 2 aromatic rings. The highest BCUT2D eigenvalue weighted by Crippen LogP contribution is 2.32. The highest BCUT2D eigenvalue weighted by Gasteiger charge is 2.31. The van der Waals surface area contributed by atoms with Crippen LogP contribution in [0.5, 0.6) is 11.5 Å². The van der Waals surface area contributed by atoms with Gasteiger partial charge in [-0.3, -0.25) is 4.72 Å². The van der Waals surface area contributed by atoms with Gasteiger partial charge in [0.15, 0.2) is 13.2 Å². The Labute approximate surface area is 181 Å². The van der Waals surface area contributed by atoms with E-state index in [1.807, 2.05) is 20.8 Å². The minimum Gasteiger partial charge on any atom is -0.484 e. The largest absolute Gasteiger partial charge is 0.484 e. The molecule has 2 rings (SSSR count). The zero-order valence-electron chi connectivity index (χ0n) is 17.3. The first-order chi connectivity index (χ1) is 14.5. The third-order valence-corrected chi connectivity index (χ3v) is 5.40. The van der Waals surface area contributed by atoms with Gasteiger partial charge in [0, 0.05) is 11.8 Å². The van der Waals surface area contributed by atoms with Gasteiger partial charge in [0.05, 0.1) is 0 Å². The third-order valence-electron chi connectivity index (χ3n) is 4.00. The average Bonchev–Trinajstić information content (AvgIpc) is 2.63. The minimum atomic E-state index is -4.76. The van der Waals surface area contributed by atoms with Gasteiger partial charge < -0.3 is 9.47 Å². The molecule has 0 saturated carbocycles. The molecule has 0 saturated heterocycles. The summed E-state index contributed by atoms with van der Waals surface area (Å²) in [7, 11) is -4.54. The Kier molecular flexibility index (Phi) is 7.28. The number of benzene rings is 2. The lowest BCUT2D eigenvalue weighted by atomic mass is 9.87. The molecule has 5 nitrogen and oxygen atoms in total. The van der Waals surface area contributed by atoms with Gasteiger partial charge in [-0.2, -0.15) is 26.3 Å². The molecule has 0 bridgehead atoms. The molecule has 0 fully saturated rings. The van der Waals surface area contributed by atoms with Gasteiger partial charge in [0.25, 0.3) is 10.0 Å². The molecule has 0 aliphatic rings. The van der Waals surface area contributed by atoms with E-state index in [1.54, 1.807) is 12.1 Å². The van der Waals surface area contributed by atoms with Crippen molar-refractivity contribution in [3.8, 4) is 11.5 Å². The molecule has 0 heterocycles. The summed E-state index contributed by atoms with van der Waals surface area (Å²) < 4.78 is 112. The number of hydrogen-bond acceptors (Lipinski definition) is 4. The second kappa shape index (κ2) is 9.08. The first-order valence-electron chi connectivity index (χ1n) is 9.13. The first-order valence-corrected chi connectivity index (χ1v) is 10.6. The molecule has 0 amide bonds. The zero-order valence-corrected chi connectivity index (χ0v) is 18.1. The van der Waals surface area contributed by atoms with Crippen molar-refractivity contribution in [2.24, 2.45) is 0 Å². The fourth-order valence-electron chi connectivity index (χ4n) is 2.48. The Morgan fingerprint density at radius 3 is 1.84 bits per heavy atom. The maximum Gasteiger partial charge on any atom is 0.422 e. The molecule has 12 heteroatoms. The second-order valence-corrected chi connectivity index (χ2v) is 9.50. The Balaban J connectivity index is 2.38. The number of sulfonamides is 1. The number of ether oxygens (including phenoxy) is 2. The van der Waals surface area contributed by atoms with Crippen molar-refractivity contribution in [1.82, 2.24) is 0 Å². The lowest BCUT2D eigenvalue weighted by molar-refractivity contribution is -0.154. The number of anilines is 1. The van der Waals surface area contributed by atoms with Gasteiger partial charge in [-0.25, -0.2) is 8.42 Å². The van der Waals surface area contributed by atoms with Crippen molar-refractivity contribution in [1.29, 1.82) is 0 Å². The van der Waals surface area contributed by atoms with Crippen molar-refractivity contribution in [2.75, 3.05) is 17.9 Å². The van der Waals surface area contributed by atoms with E-state index in [4.69, 9.17) is 0 Å². The summed E-state index contributed by atoms with van der Waals surface area (Å²) in [5.41, 5.74) is 0.791. The van der Waals surface area contributed by atoms with E-state index >= 15 is 0 Å². The molecular formula is C20H21F6NO4S. The highest BCUT2D eigenvalue weighted by molar-refractivity contribution is 7.92. The molecule has 0 spiro atoms. The predicted molar refractivity (Wildman–Crippen MR) is 105 cm³/mol. The van der Waals surface area contributed by atoms with E-state index < -0.39 is 52.0 Å². The van der Waals surface area contributed by atoms with Crippen LogP contribution in [-0.4, -0.2) is 34.0 Å². The highest BCUT2D eigenvalue weighted by atomic mass is 32.2. The molecule has 0 aliphatic carbocycles. The van der Waals surface area contributed by atoms with E-state index in [0.29, 0.717) is 6.07 Å². The standard InChI is InChI=1S/C20H21F6NO4S/c1-18(2,3)13-4-6-14(7-5-13)27-32(28,29)17-10-15(30-11-19(21,22)23)8-9-16(17)31-12-20(24,25)26/h4-10,27H,11-12H2,1-3H3. The van der Waals surface area contributed by atoms with Crippen LogP contribution in [0.2, 0.25) is 0 Å². The van der Waals surface area contributed by atoms with Crippen LogP contribution in [0.3, 0.4) is 0 Å². The van der Waals surface area contributed by atoms with E-state index in [2.05, 4.69) is 14.2 Å². The summed E-state index contributed by atoms with van der Waals surface area (Å²) in [6.45, 7) is 2.34. The van der Waals surface area contributed by atoms with Crippen LogP contribution in [0.25, 0.3) is 0 Å². The summed E-state index contributed by atoms with van der Waals surface area (Å²) in [6, 6.07) is 8.60. The monoisotopic (exact) mass is 485 g/mol. The molecule has 2 aromatic carbocycles. The minimum absolute atomic E-state index is 0.0985. The van der Waals surface area contributed by atoms with Crippen LogP contribution in [0.4, 0.5) is 32.0 Å². The Morgan fingerprint density at radius 2 is 1.34 bits per heavy atom. The van der Waals surface area contributed by atoms with Crippen molar-refractivity contribution in [3.63, 3.8) is 0 Å². The molecule has 32 heavy (non-hydrogen) atoms. The molecule has 0 atom stereocenters. The zero-order chi connectivity index (χ0) is 24.4. The average molecular weight is 485 g/mol. The molecule has 178 valence electrons. The quantitative estimate of drug-likeness (QED) is 0.514. The fourth-order valence-corrected chi connectivity index (χ4v) is 3.70. The number of alkyl halides is 6. The van der Waals surface area contributed by atoms with Crippen LogP contribution in [-0.2, 0) is 15.4 Å². The molecule has 0 unspecified atom stereocenters. The lowest BCUT2D eigenvalue weighted by Gasteiger charge is -2.20. The summed E-state index contributed by atoms with van der Waals surface area (Å²) in [5.74, 6) is -1.20. The van der Waals surface area contributed by atoms with Gasteiger partial charge in [0.1, 0.15) is 16.4 Å². The van der Waals surface area contributed by atoms with Crippen LogP contribution in [0.15, 0.2) is 47.4 Å². The molecule has 0 radical (unpaired) electrons.